The number of hydrogen-bond acceptors (Lipinski definition) is 5. The zero-order valence-electron chi connectivity index (χ0n) is 15.8. The molecule has 26 heavy (non-hydrogen) atoms. The fourth-order valence-electron chi connectivity index (χ4n) is 3.81. The normalized spacial score (nSPS) is 20.8. The van der Waals surface area contributed by atoms with Gasteiger partial charge in [0.1, 0.15) is 17.4 Å². The van der Waals surface area contributed by atoms with Crippen LogP contribution in [0.5, 0.6) is 5.75 Å². The Labute approximate surface area is 156 Å². The number of benzene rings is 1. The van der Waals surface area contributed by atoms with Crippen LogP contribution in [-0.4, -0.2) is 48.2 Å². The van der Waals surface area contributed by atoms with Crippen molar-refractivity contribution < 1.29 is 4.74 Å². The average molecular weight is 352 g/mol. The molecule has 1 saturated carbocycles. The monoisotopic (exact) mass is 352 g/mol. The maximum Gasteiger partial charge on any atom is 0.133 e. The van der Waals surface area contributed by atoms with Gasteiger partial charge in [-0.25, -0.2) is 9.97 Å². The van der Waals surface area contributed by atoms with Crippen LogP contribution >= 0.6 is 0 Å². The van der Waals surface area contributed by atoms with Gasteiger partial charge in [-0.3, -0.25) is 4.90 Å². The van der Waals surface area contributed by atoms with E-state index in [1.165, 1.54) is 31.2 Å². The summed E-state index contributed by atoms with van der Waals surface area (Å²) in [6, 6.07) is 10.9. The maximum absolute atomic E-state index is 5.36. The molecule has 2 heterocycles. The molecule has 1 aromatic carbocycles. The lowest BCUT2D eigenvalue weighted by Crippen LogP contribution is -2.46. The highest BCUT2D eigenvalue weighted by Gasteiger charge is 2.28. The van der Waals surface area contributed by atoms with Crippen molar-refractivity contribution in [1.29, 1.82) is 0 Å². The Morgan fingerprint density at radius 1 is 1.23 bits per heavy atom. The van der Waals surface area contributed by atoms with E-state index >= 15 is 0 Å². The predicted octanol–water partition coefficient (Wildman–Crippen LogP) is 3.46. The van der Waals surface area contributed by atoms with Gasteiger partial charge in [-0.2, -0.15) is 0 Å². The fourth-order valence-corrected chi connectivity index (χ4v) is 3.81. The molecular weight excluding hydrogens is 324 g/mol. The second kappa shape index (κ2) is 7.62. The molecule has 138 valence electrons. The number of nitrogens with zero attached hydrogens (tertiary/aromatic N) is 4. The highest BCUT2D eigenvalue weighted by Crippen LogP contribution is 2.38. The second-order valence-corrected chi connectivity index (χ2v) is 7.54. The van der Waals surface area contributed by atoms with Crippen molar-refractivity contribution in [1.82, 2.24) is 14.9 Å². The fraction of sp³-hybridized carbons (Fsp3) is 0.524. The first-order valence-electron chi connectivity index (χ1n) is 9.64. The molecule has 1 aliphatic heterocycles. The third kappa shape index (κ3) is 3.98. The van der Waals surface area contributed by atoms with Gasteiger partial charge >= 0.3 is 0 Å². The molecule has 0 radical (unpaired) electrons. The highest BCUT2D eigenvalue weighted by atomic mass is 16.5. The lowest BCUT2D eigenvalue weighted by molar-refractivity contribution is 0.198. The summed E-state index contributed by atoms with van der Waals surface area (Å²) in [5.74, 6) is 3.62. The lowest BCUT2D eigenvalue weighted by atomic mass is 10.0. The summed E-state index contributed by atoms with van der Waals surface area (Å²) in [5, 5.41) is 0. The van der Waals surface area contributed by atoms with Gasteiger partial charge in [0.2, 0.25) is 0 Å². The van der Waals surface area contributed by atoms with Crippen LogP contribution in [-0.2, 0) is 6.54 Å². The Bertz CT molecular complexity index is 746. The molecule has 2 fully saturated rings. The smallest absolute Gasteiger partial charge is 0.133 e. The van der Waals surface area contributed by atoms with Crippen LogP contribution in [0.25, 0.3) is 0 Å². The molecule has 2 aromatic rings. The van der Waals surface area contributed by atoms with Crippen LogP contribution in [0.3, 0.4) is 0 Å². The van der Waals surface area contributed by atoms with Crippen molar-refractivity contribution in [2.45, 2.75) is 44.2 Å². The largest absolute Gasteiger partial charge is 0.497 e. The summed E-state index contributed by atoms with van der Waals surface area (Å²) in [5.41, 5.74) is 1.31. The van der Waals surface area contributed by atoms with Crippen LogP contribution in [0, 0.1) is 0 Å². The van der Waals surface area contributed by atoms with E-state index in [0.717, 1.165) is 37.0 Å². The number of likely N-dealkylation sites (N-methyl/N-ethyl adjacent to an activating group) is 1. The third-order valence-electron chi connectivity index (χ3n) is 5.53. The van der Waals surface area contributed by atoms with E-state index in [-0.39, 0.29) is 0 Å². The van der Waals surface area contributed by atoms with Gasteiger partial charge in [0.15, 0.2) is 0 Å². The minimum atomic E-state index is 0.497. The van der Waals surface area contributed by atoms with Crippen molar-refractivity contribution in [2.24, 2.45) is 0 Å². The van der Waals surface area contributed by atoms with E-state index in [2.05, 4.69) is 40.0 Å². The third-order valence-corrected chi connectivity index (χ3v) is 5.53. The summed E-state index contributed by atoms with van der Waals surface area (Å²) in [4.78, 5) is 14.2. The van der Waals surface area contributed by atoms with E-state index in [1.807, 2.05) is 18.3 Å². The molecule has 5 heteroatoms. The molecule has 1 saturated heterocycles. The first-order chi connectivity index (χ1) is 12.7. The Balaban J connectivity index is 1.41. The maximum atomic E-state index is 5.36. The van der Waals surface area contributed by atoms with Gasteiger partial charge in [0.05, 0.1) is 7.11 Å². The van der Waals surface area contributed by atoms with Crippen LogP contribution in [0.2, 0.25) is 0 Å². The number of aromatic nitrogens is 2. The van der Waals surface area contributed by atoms with Crippen LogP contribution in [0.4, 0.5) is 5.82 Å². The number of piperidine rings is 1. The highest BCUT2D eigenvalue weighted by molar-refractivity contribution is 5.39. The topological polar surface area (TPSA) is 41.5 Å². The second-order valence-electron chi connectivity index (χ2n) is 7.54. The average Bonchev–Trinajstić information content (AvgIpc) is 3.53. The van der Waals surface area contributed by atoms with Crippen LogP contribution in [0.15, 0.2) is 36.5 Å². The number of methoxy groups -OCH3 is 1. The van der Waals surface area contributed by atoms with E-state index in [0.29, 0.717) is 12.0 Å². The summed E-state index contributed by atoms with van der Waals surface area (Å²) in [7, 11) is 3.90. The molecule has 1 aromatic heterocycles. The number of anilines is 1. The zero-order chi connectivity index (χ0) is 17.9. The van der Waals surface area contributed by atoms with E-state index < -0.39 is 0 Å². The molecule has 2 aliphatic rings. The number of likely N-dealkylation sites (tertiary alicyclic amines) is 1. The number of ether oxygens (including phenoxy) is 1. The molecule has 0 amide bonds. The molecule has 1 unspecified atom stereocenters. The summed E-state index contributed by atoms with van der Waals surface area (Å²) in [6.45, 7) is 3.19. The quantitative estimate of drug-likeness (QED) is 0.796. The predicted molar refractivity (Wildman–Crippen MR) is 104 cm³/mol. The van der Waals surface area contributed by atoms with Gasteiger partial charge in [-0.05, 0) is 56.0 Å². The molecule has 4 rings (SSSR count). The number of hydrogen-bond donors (Lipinski definition) is 0. The van der Waals surface area contributed by atoms with Crippen molar-refractivity contribution in [3.05, 3.63) is 47.9 Å². The van der Waals surface area contributed by atoms with Gasteiger partial charge in [-0.1, -0.05) is 12.1 Å². The molecule has 0 bridgehead atoms. The van der Waals surface area contributed by atoms with Crippen molar-refractivity contribution in [3.63, 3.8) is 0 Å². The molecule has 1 aliphatic carbocycles. The standard InChI is InChI=1S/C21H28N4O/c1-24(20-10-11-22-21(23-20)17-8-9-17)18-6-4-12-25(15-18)14-16-5-3-7-19(13-16)26-2/h3,5,7,10-11,13,17-18H,4,6,8-9,12,14-15H2,1-2H3. The summed E-state index contributed by atoms with van der Waals surface area (Å²) >= 11 is 0. The zero-order valence-corrected chi connectivity index (χ0v) is 15.8. The molecule has 5 nitrogen and oxygen atoms in total. The first kappa shape index (κ1) is 17.3. The minimum Gasteiger partial charge on any atom is -0.497 e. The molecule has 0 spiro atoms. The molecule has 1 atom stereocenters. The Morgan fingerprint density at radius 2 is 2.12 bits per heavy atom. The summed E-state index contributed by atoms with van der Waals surface area (Å²) in [6.07, 6.45) is 6.84. The SMILES string of the molecule is COc1cccc(CN2CCCC(N(C)c3ccnc(C4CC4)n3)C2)c1. The van der Waals surface area contributed by atoms with Gasteiger partial charge < -0.3 is 9.64 Å². The summed E-state index contributed by atoms with van der Waals surface area (Å²) < 4.78 is 5.36. The Morgan fingerprint density at radius 3 is 2.92 bits per heavy atom. The van der Waals surface area contributed by atoms with E-state index in [1.54, 1.807) is 7.11 Å². The Hall–Kier alpha value is -2.14. The minimum absolute atomic E-state index is 0.497. The van der Waals surface area contributed by atoms with Gasteiger partial charge in [0, 0.05) is 38.3 Å². The van der Waals surface area contributed by atoms with Crippen LogP contribution < -0.4 is 9.64 Å². The lowest BCUT2D eigenvalue weighted by Gasteiger charge is -2.38. The first-order valence-corrected chi connectivity index (χ1v) is 9.64. The number of rotatable bonds is 6. The van der Waals surface area contributed by atoms with Gasteiger partial charge in [-0.15, -0.1) is 0 Å². The van der Waals surface area contributed by atoms with Crippen molar-refractivity contribution in [3.8, 4) is 5.75 Å². The van der Waals surface area contributed by atoms with Gasteiger partial charge in [0.25, 0.3) is 0 Å². The molecule has 0 N–H and O–H groups in total. The van der Waals surface area contributed by atoms with Crippen molar-refractivity contribution in [2.75, 3.05) is 32.1 Å². The molecular formula is C21H28N4O. The van der Waals surface area contributed by atoms with E-state index in [9.17, 15) is 0 Å². The Kier molecular flexibility index (Phi) is 5.07. The van der Waals surface area contributed by atoms with Crippen LogP contribution in [0.1, 0.15) is 43.0 Å². The van der Waals surface area contributed by atoms with Crippen molar-refractivity contribution >= 4 is 5.82 Å². The van der Waals surface area contributed by atoms with E-state index in [4.69, 9.17) is 9.72 Å².